The molecular weight excluding hydrogens is 406 g/mol. The number of thioether (sulfide) groups is 1. The van der Waals surface area contributed by atoms with Crippen molar-refractivity contribution in [1.82, 2.24) is 14.8 Å². The molecule has 0 bridgehead atoms. The minimum Gasteiger partial charge on any atom is -0.508 e. The fourth-order valence-corrected chi connectivity index (χ4v) is 4.27. The summed E-state index contributed by atoms with van der Waals surface area (Å²) in [5.41, 5.74) is 0.680. The zero-order chi connectivity index (χ0) is 20.7. The molecule has 0 fully saturated rings. The van der Waals surface area contributed by atoms with E-state index >= 15 is 0 Å². The highest BCUT2D eigenvalue weighted by Gasteiger charge is 2.27. The molecule has 0 saturated heterocycles. The molecule has 1 aliphatic heterocycles. The van der Waals surface area contributed by atoms with E-state index in [9.17, 15) is 9.90 Å². The Morgan fingerprint density at radius 3 is 2.87 bits per heavy atom. The van der Waals surface area contributed by atoms with Crippen molar-refractivity contribution in [2.75, 3.05) is 6.61 Å². The van der Waals surface area contributed by atoms with E-state index in [1.807, 2.05) is 35.9 Å². The third-order valence-corrected chi connectivity index (χ3v) is 5.90. The van der Waals surface area contributed by atoms with Gasteiger partial charge in [-0.25, -0.2) is 4.79 Å². The quantitative estimate of drug-likeness (QED) is 0.394. The molecule has 4 aromatic rings. The highest BCUT2D eigenvalue weighted by molar-refractivity contribution is 7.98. The second kappa shape index (κ2) is 7.42. The van der Waals surface area contributed by atoms with Crippen molar-refractivity contribution in [3.63, 3.8) is 0 Å². The van der Waals surface area contributed by atoms with Gasteiger partial charge in [0.15, 0.2) is 28.6 Å². The molecule has 2 aromatic heterocycles. The molecule has 0 spiro atoms. The third kappa shape index (κ3) is 3.37. The number of aromatic nitrogens is 3. The molecule has 152 valence electrons. The second-order valence-corrected chi connectivity index (χ2v) is 7.77. The third-order valence-electron chi connectivity index (χ3n) is 4.84. The van der Waals surface area contributed by atoms with Gasteiger partial charge in [0.05, 0.1) is 0 Å². The van der Waals surface area contributed by atoms with Gasteiger partial charge >= 0.3 is 5.63 Å². The number of fused-ring (bicyclic) bond motifs is 2. The average Bonchev–Trinajstić information content (AvgIpc) is 3.11. The van der Waals surface area contributed by atoms with Crippen LogP contribution in [0.3, 0.4) is 0 Å². The van der Waals surface area contributed by atoms with Crippen molar-refractivity contribution < 1.29 is 19.0 Å². The van der Waals surface area contributed by atoms with Gasteiger partial charge in [-0.1, -0.05) is 23.9 Å². The summed E-state index contributed by atoms with van der Waals surface area (Å²) < 4.78 is 18.9. The maximum Gasteiger partial charge on any atom is 0.336 e. The standard InChI is InChI=1S/C21H17N3O5S/c1-24-20(18-10-27-15-4-2-3-5-16(15)28-18)22-23-21(24)30-11-12-8-19(26)29-17-9-13(25)6-7-14(12)17/h2-9,18,25H,10-11H2,1H3/t18-/m1/s1. The van der Waals surface area contributed by atoms with Crippen molar-refractivity contribution in [3.8, 4) is 17.2 Å². The molecular formula is C21H17N3O5S. The number of nitrogens with zero attached hydrogens (tertiary/aromatic N) is 3. The lowest BCUT2D eigenvalue weighted by Crippen LogP contribution is -2.24. The van der Waals surface area contributed by atoms with Crippen LogP contribution in [-0.2, 0) is 12.8 Å². The zero-order valence-electron chi connectivity index (χ0n) is 15.9. The number of benzene rings is 2. The molecule has 0 unspecified atom stereocenters. The van der Waals surface area contributed by atoms with Gasteiger partial charge in [0, 0.05) is 30.3 Å². The minimum absolute atomic E-state index is 0.0460. The monoisotopic (exact) mass is 423 g/mol. The first-order chi connectivity index (χ1) is 14.6. The van der Waals surface area contributed by atoms with Gasteiger partial charge in [-0.2, -0.15) is 0 Å². The number of rotatable bonds is 4. The van der Waals surface area contributed by atoms with E-state index in [1.165, 1.54) is 23.9 Å². The highest BCUT2D eigenvalue weighted by Crippen LogP contribution is 2.36. The molecule has 3 heterocycles. The van der Waals surface area contributed by atoms with Gasteiger partial charge in [-0.15, -0.1) is 10.2 Å². The molecule has 30 heavy (non-hydrogen) atoms. The summed E-state index contributed by atoms with van der Waals surface area (Å²) in [6, 6.07) is 13.7. The largest absolute Gasteiger partial charge is 0.508 e. The number of ether oxygens (including phenoxy) is 2. The van der Waals surface area contributed by atoms with Crippen LogP contribution in [0.5, 0.6) is 17.2 Å². The number of hydrogen-bond acceptors (Lipinski definition) is 8. The molecule has 8 nitrogen and oxygen atoms in total. The Morgan fingerprint density at radius 2 is 2.00 bits per heavy atom. The molecule has 0 aliphatic carbocycles. The summed E-state index contributed by atoms with van der Waals surface area (Å²) in [4.78, 5) is 11.9. The number of aromatic hydroxyl groups is 1. The lowest BCUT2D eigenvalue weighted by molar-refractivity contribution is 0.0825. The zero-order valence-corrected chi connectivity index (χ0v) is 16.8. The lowest BCUT2D eigenvalue weighted by atomic mass is 10.1. The van der Waals surface area contributed by atoms with Crippen molar-refractivity contribution in [2.45, 2.75) is 17.0 Å². The first kappa shape index (κ1) is 18.6. The van der Waals surface area contributed by atoms with Gasteiger partial charge in [0.2, 0.25) is 0 Å². The van der Waals surface area contributed by atoms with Crippen LogP contribution in [0.4, 0.5) is 0 Å². The van der Waals surface area contributed by atoms with E-state index < -0.39 is 5.63 Å². The van der Waals surface area contributed by atoms with Crippen molar-refractivity contribution in [2.24, 2.45) is 7.05 Å². The summed E-state index contributed by atoms with van der Waals surface area (Å²) in [5.74, 6) is 2.59. The summed E-state index contributed by atoms with van der Waals surface area (Å²) >= 11 is 1.45. The Morgan fingerprint density at radius 1 is 1.17 bits per heavy atom. The first-order valence-electron chi connectivity index (χ1n) is 9.25. The Balaban J connectivity index is 1.37. The Labute approximate surface area is 175 Å². The summed E-state index contributed by atoms with van der Waals surface area (Å²) in [6.07, 6.45) is -0.362. The molecule has 0 radical (unpaired) electrons. The number of phenolic OH excluding ortho intramolecular Hbond substituents is 1. The fraction of sp³-hybridized carbons (Fsp3) is 0.190. The topological polar surface area (TPSA) is 99.6 Å². The van der Waals surface area contributed by atoms with E-state index in [0.717, 1.165) is 10.9 Å². The Bertz CT molecular complexity index is 1300. The summed E-state index contributed by atoms with van der Waals surface area (Å²) in [7, 11) is 1.87. The van der Waals surface area contributed by atoms with Gasteiger partial charge in [-0.3, -0.25) is 0 Å². The van der Waals surface area contributed by atoms with Crippen molar-refractivity contribution in [1.29, 1.82) is 0 Å². The van der Waals surface area contributed by atoms with Crippen LogP contribution < -0.4 is 15.1 Å². The molecule has 1 aliphatic rings. The molecule has 1 N–H and O–H groups in total. The smallest absolute Gasteiger partial charge is 0.336 e. The summed E-state index contributed by atoms with van der Waals surface area (Å²) in [6.45, 7) is 0.349. The number of hydrogen-bond donors (Lipinski definition) is 1. The minimum atomic E-state index is -0.464. The normalized spacial score (nSPS) is 15.4. The van der Waals surface area contributed by atoms with Crippen LogP contribution in [0.1, 0.15) is 17.5 Å². The maximum absolute atomic E-state index is 11.9. The molecule has 2 aromatic carbocycles. The predicted molar refractivity (Wildman–Crippen MR) is 110 cm³/mol. The second-order valence-electron chi connectivity index (χ2n) is 6.82. The highest BCUT2D eigenvalue weighted by atomic mass is 32.2. The SMILES string of the molecule is Cn1c(SCc2cc(=O)oc3cc(O)ccc23)nnc1[C@H]1COc2ccccc2O1. The first-order valence-corrected chi connectivity index (χ1v) is 10.2. The average molecular weight is 423 g/mol. The van der Waals surface area contributed by atoms with Crippen LogP contribution in [0.25, 0.3) is 11.0 Å². The van der Waals surface area contributed by atoms with E-state index in [2.05, 4.69) is 10.2 Å². The van der Waals surface area contributed by atoms with E-state index in [-0.39, 0.29) is 11.9 Å². The fourth-order valence-electron chi connectivity index (χ4n) is 3.36. The van der Waals surface area contributed by atoms with E-state index in [1.54, 1.807) is 12.1 Å². The van der Waals surface area contributed by atoms with Crippen LogP contribution >= 0.6 is 11.8 Å². The van der Waals surface area contributed by atoms with Crippen molar-refractivity contribution in [3.05, 3.63) is 70.3 Å². The summed E-state index contributed by atoms with van der Waals surface area (Å²) in [5, 5.41) is 19.7. The maximum atomic E-state index is 11.9. The molecule has 0 saturated carbocycles. The van der Waals surface area contributed by atoms with Gasteiger partial charge in [-0.05, 0) is 29.8 Å². The van der Waals surface area contributed by atoms with Crippen molar-refractivity contribution >= 4 is 22.7 Å². The molecule has 1 atom stereocenters. The Hall–Kier alpha value is -3.46. The van der Waals surface area contributed by atoms with Crippen LogP contribution in [0.2, 0.25) is 0 Å². The molecule has 5 rings (SSSR count). The van der Waals surface area contributed by atoms with Gasteiger partial charge < -0.3 is 23.6 Å². The lowest BCUT2D eigenvalue weighted by Gasteiger charge is -2.25. The van der Waals surface area contributed by atoms with Crippen LogP contribution in [0, 0.1) is 0 Å². The number of phenols is 1. The van der Waals surface area contributed by atoms with E-state index in [4.69, 9.17) is 13.9 Å². The Kier molecular flexibility index (Phi) is 4.59. The van der Waals surface area contributed by atoms with Gasteiger partial charge in [0.25, 0.3) is 0 Å². The van der Waals surface area contributed by atoms with E-state index in [0.29, 0.717) is 40.4 Å². The molecule has 0 amide bonds. The van der Waals surface area contributed by atoms with Gasteiger partial charge in [0.1, 0.15) is 17.9 Å². The van der Waals surface area contributed by atoms with Crippen LogP contribution in [0.15, 0.2) is 62.9 Å². The molecule has 9 heteroatoms. The van der Waals surface area contributed by atoms with Crippen LogP contribution in [-0.4, -0.2) is 26.5 Å². The number of para-hydroxylation sites is 2. The predicted octanol–water partition coefficient (Wildman–Crippen LogP) is 3.43.